The van der Waals surface area contributed by atoms with Crippen molar-refractivity contribution in [1.82, 2.24) is 4.98 Å². The van der Waals surface area contributed by atoms with E-state index in [2.05, 4.69) is 4.98 Å². The molecule has 12 heavy (non-hydrogen) atoms. The highest BCUT2D eigenvalue weighted by Gasteiger charge is 2.20. The number of rotatable bonds is 1. The zero-order chi connectivity index (χ0) is 9.30. The fourth-order valence-corrected chi connectivity index (χ4v) is 1.09. The van der Waals surface area contributed by atoms with Crippen molar-refractivity contribution < 1.29 is 4.92 Å². The van der Waals surface area contributed by atoms with Crippen LogP contribution < -0.4 is 5.73 Å². The van der Waals surface area contributed by atoms with E-state index in [4.69, 9.17) is 28.9 Å². The normalized spacial score (nSPS) is 9.83. The summed E-state index contributed by atoms with van der Waals surface area (Å²) in [6.07, 6.45) is 1.16. The first-order valence-electron chi connectivity index (χ1n) is 2.78. The largest absolute Gasteiger partial charge is 0.396 e. The van der Waals surface area contributed by atoms with Crippen molar-refractivity contribution in [2.45, 2.75) is 0 Å². The lowest BCUT2D eigenvalue weighted by atomic mass is 10.4. The number of nitrogen functional groups attached to an aromatic ring is 1. The second-order valence-electron chi connectivity index (χ2n) is 1.92. The number of nitrogens with two attached hydrogens (primary N) is 1. The molecule has 0 aliphatic carbocycles. The lowest BCUT2D eigenvalue weighted by Crippen LogP contribution is -1.96. The highest BCUT2D eigenvalue weighted by molar-refractivity contribution is 6.39. The molecule has 2 N–H and O–H groups in total. The second kappa shape index (κ2) is 3.12. The first kappa shape index (κ1) is 9.02. The standard InChI is InChI=1S/C5H3Cl2N3O2/c6-3-2(8)1-9-5(7)4(3)10(11)12/h1H,8H2. The van der Waals surface area contributed by atoms with Gasteiger partial charge in [0.1, 0.15) is 5.02 Å². The van der Waals surface area contributed by atoms with Gasteiger partial charge in [0, 0.05) is 0 Å². The number of pyridine rings is 1. The van der Waals surface area contributed by atoms with Crippen LogP contribution in [-0.4, -0.2) is 9.91 Å². The molecule has 0 unspecified atom stereocenters. The number of aromatic nitrogens is 1. The molecule has 1 heterocycles. The van der Waals surface area contributed by atoms with Gasteiger partial charge in [0.2, 0.25) is 5.15 Å². The van der Waals surface area contributed by atoms with Crippen LogP contribution in [0.2, 0.25) is 10.2 Å². The summed E-state index contributed by atoms with van der Waals surface area (Å²) < 4.78 is 0. The topological polar surface area (TPSA) is 82.0 Å². The highest BCUT2D eigenvalue weighted by Crippen LogP contribution is 2.34. The van der Waals surface area contributed by atoms with Gasteiger partial charge in [-0.25, -0.2) is 4.98 Å². The Bertz CT molecular complexity index is 342. The number of hydrogen-bond donors (Lipinski definition) is 1. The maximum atomic E-state index is 10.3. The Balaban J connectivity index is 3.43. The lowest BCUT2D eigenvalue weighted by molar-refractivity contribution is -0.384. The summed E-state index contributed by atoms with van der Waals surface area (Å²) in [5.74, 6) is 0. The van der Waals surface area contributed by atoms with Crippen LogP contribution >= 0.6 is 23.2 Å². The van der Waals surface area contributed by atoms with Gasteiger partial charge in [-0.3, -0.25) is 10.1 Å². The quantitative estimate of drug-likeness (QED) is 0.433. The summed E-state index contributed by atoms with van der Waals surface area (Å²) in [4.78, 5) is 13.1. The molecule has 1 rings (SSSR count). The molecule has 0 saturated heterocycles. The molecular weight excluding hydrogens is 205 g/mol. The third-order valence-electron chi connectivity index (χ3n) is 1.16. The molecule has 0 saturated carbocycles. The minimum Gasteiger partial charge on any atom is -0.396 e. The first-order valence-corrected chi connectivity index (χ1v) is 3.53. The smallest absolute Gasteiger partial charge is 0.326 e. The van der Waals surface area contributed by atoms with Gasteiger partial charge in [-0.1, -0.05) is 23.2 Å². The van der Waals surface area contributed by atoms with Crippen LogP contribution in [0.5, 0.6) is 0 Å². The Hall–Kier alpha value is -1.07. The monoisotopic (exact) mass is 207 g/mol. The Kier molecular flexibility index (Phi) is 2.35. The van der Waals surface area contributed by atoms with E-state index in [0.717, 1.165) is 6.20 Å². The van der Waals surface area contributed by atoms with E-state index in [1.54, 1.807) is 0 Å². The predicted molar refractivity (Wildman–Crippen MR) is 45.3 cm³/mol. The van der Waals surface area contributed by atoms with E-state index in [9.17, 15) is 10.1 Å². The van der Waals surface area contributed by atoms with Gasteiger partial charge in [-0.2, -0.15) is 0 Å². The third-order valence-corrected chi connectivity index (χ3v) is 1.83. The summed E-state index contributed by atoms with van der Waals surface area (Å²) in [7, 11) is 0. The Morgan fingerprint density at radius 1 is 1.58 bits per heavy atom. The lowest BCUT2D eigenvalue weighted by Gasteiger charge is -1.98. The zero-order valence-electron chi connectivity index (χ0n) is 5.62. The maximum absolute atomic E-state index is 10.3. The van der Waals surface area contributed by atoms with E-state index in [0.29, 0.717) is 0 Å². The van der Waals surface area contributed by atoms with Crippen LogP contribution in [0.25, 0.3) is 0 Å². The van der Waals surface area contributed by atoms with Crippen molar-refractivity contribution in [1.29, 1.82) is 0 Å². The molecule has 0 radical (unpaired) electrons. The van der Waals surface area contributed by atoms with Crippen molar-refractivity contribution in [2.75, 3.05) is 5.73 Å². The SMILES string of the molecule is Nc1cnc(Cl)c([N+](=O)[O-])c1Cl. The van der Waals surface area contributed by atoms with Gasteiger partial charge < -0.3 is 5.73 Å². The minimum atomic E-state index is -0.728. The van der Waals surface area contributed by atoms with E-state index in [1.807, 2.05) is 0 Å². The number of halogens is 2. The number of hydrogen-bond acceptors (Lipinski definition) is 4. The van der Waals surface area contributed by atoms with Crippen molar-refractivity contribution in [3.05, 3.63) is 26.5 Å². The molecule has 0 fully saturated rings. The van der Waals surface area contributed by atoms with Gasteiger partial charge in [0.05, 0.1) is 16.8 Å². The van der Waals surface area contributed by atoms with Gasteiger partial charge in [-0.15, -0.1) is 0 Å². The van der Waals surface area contributed by atoms with E-state index < -0.39 is 10.6 Å². The summed E-state index contributed by atoms with van der Waals surface area (Å²) >= 11 is 10.9. The van der Waals surface area contributed by atoms with Gasteiger partial charge in [0.15, 0.2) is 0 Å². The molecule has 0 aliphatic rings. The molecule has 7 heteroatoms. The fourth-order valence-electron chi connectivity index (χ4n) is 0.627. The average molecular weight is 208 g/mol. The van der Waals surface area contributed by atoms with Crippen LogP contribution in [0, 0.1) is 10.1 Å². The molecule has 64 valence electrons. The second-order valence-corrected chi connectivity index (χ2v) is 2.66. The van der Waals surface area contributed by atoms with Crippen molar-refractivity contribution >= 4 is 34.6 Å². The molecular formula is C5H3Cl2N3O2. The molecule has 0 atom stereocenters. The van der Waals surface area contributed by atoms with E-state index >= 15 is 0 Å². The molecule has 1 aromatic heterocycles. The van der Waals surface area contributed by atoms with Crippen LogP contribution in [0.15, 0.2) is 6.20 Å². The van der Waals surface area contributed by atoms with Crippen molar-refractivity contribution in [3.63, 3.8) is 0 Å². The van der Waals surface area contributed by atoms with Crippen molar-refractivity contribution in [3.8, 4) is 0 Å². The molecule has 0 aromatic carbocycles. The Morgan fingerprint density at radius 3 is 2.58 bits per heavy atom. The third kappa shape index (κ3) is 1.41. The zero-order valence-corrected chi connectivity index (χ0v) is 7.13. The van der Waals surface area contributed by atoms with Crippen LogP contribution in [0.1, 0.15) is 0 Å². The molecule has 0 amide bonds. The van der Waals surface area contributed by atoms with Crippen LogP contribution in [0.4, 0.5) is 11.4 Å². The summed E-state index contributed by atoms with van der Waals surface area (Å²) in [5, 5.41) is 9.89. The minimum absolute atomic E-state index is 0.0350. The Morgan fingerprint density at radius 2 is 2.17 bits per heavy atom. The molecule has 0 bridgehead atoms. The van der Waals surface area contributed by atoms with Crippen molar-refractivity contribution in [2.24, 2.45) is 0 Å². The summed E-state index contributed by atoms with van der Waals surface area (Å²) in [5.41, 5.74) is 4.84. The molecule has 1 aromatic rings. The van der Waals surface area contributed by atoms with Crippen LogP contribution in [-0.2, 0) is 0 Å². The predicted octanol–water partition coefficient (Wildman–Crippen LogP) is 1.88. The van der Waals surface area contributed by atoms with E-state index in [1.165, 1.54) is 0 Å². The summed E-state index contributed by atoms with van der Waals surface area (Å²) in [6, 6.07) is 0. The average Bonchev–Trinajstić information content (AvgIpc) is 1.97. The van der Waals surface area contributed by atoms with Crippen LogP contribution in [0.3, 0.4) is 0 Å². The number of anilines is 1. The summed E-state index contributed by atoms with van der Waals surface area (Å²) in [6.45, 7) is 0. The molecule has 0 aliphatic heterocycles. The number of nitrogens with zero attached hydrogens (tertiary/aromatic N) is 2. The van der Waals surface area contributed by atoms with Gasteiger partial charge in [0.25, 0.3) is 0 Å². The van der Waals surface area contributed by atoms with Gasteiger partial charge >= 0.3 is 5.69 Å². The fraction of sp³-hybridized carbons (Fsp3) is 0. The molecule has 0 spiro atoms. The first-order chi connectivity index (χ1) is 5.54. The van der Waals surface area contributed by atoms with E-state index in [-0.39, 0.29) is 15.9 Å². The molecule has 5 nitrogen and oxygen atoms in total. The maximum Gasteiger partial charge on any atom is 0.326 e. The van der Waals surface area contributed by atoms with Gasteiger partial charge in [-0.05, 0) is 0 Å². The number of nitro groups is 1. The highest BCUT2D eigenvalue weighted by atomic mass is 35.5. The Labute approximate surface area is 77.3 Å².